The molecular weight excluding hydrogens is 305 g/mol. The fourth-order valence-corrected chi connectivity index (χ4v) is 2.70. The smallest absolute Gasteiger partial charge is 0.390 e. The molecule has 0 saturated heterocycles. The van der Waals surface area contributed by atoms with E-state index >= 15 is 0 Å². The van der Waals surface area contributed by atoms with E-state index in [0.29, 0.717) is 11.1 Å². The van der Waals surface area contributed by atoms with Crippen LogP contribution >= 0.6 is 0 Å². The summed E-state index contributed by atoms with van der Waals surface area (Å²) in [6, 6.07) is 13.3. The monoisotopic (exact) mass is 324 g/mol. The minimum Gasteiger partial charge on any atom is -0.390 e. The third-order valence-corrected chi connectivity index (χ3v) is 3.82. The maximum absolute atomic E-state index is 12.6. The average Bonchev–Trinajstić information content (AvgIpc) is 2.46. The van der Waals surface area contributed by atoms with Crippen molar-refractivity contribution in [2.24, 2.45) is 0 Å². The standard InChI is InChI=1S/C18H19F3O2/c1-17(2,23)15(12-6-4-3-5-7-12)16(22)13-8-10-14(11-9-13)18(19,20)21/h3-11,15-16,22-23H,1-2H3. The second-order valence-electron chi connectivity index (χ2n) is 6.11. The molecule has 2 nitrogen and oxygen atoms in total. The van der Waals surface area contributed by atoms with Gasteiger partial charge in [-0.05, 0) is 37.1 Å². The Bertz CT molecular complexity index is 628. The van der Waals surface area contributed by atoms with E-state index in [1.807, 2.05) is 6.07 Å². The Balaban J connectivity index is 2.37. The molecule has 2 unspecified atom stereocenters. The van der Waals surface area contributed by atoms with Gasteiger partial charge in [0, 0.05) is 5.92 Å². The van der Waals surface area contributed by atoms with Crippen LogP contribution in [0.4, 0.5) is 13.2 Å². The average molecular weight is 324 g/mol. The highest BCUT2D eigenvalue weighted by atomic mass is 19.4. The molecule has 0 spiro atoms. The lowest BCUT2D eigenvalue weighted by atomic mass is 9.78. The van der Waals surface area contributed by atoms with Crippen molar-refractivity contribution in [2.45, 2.75) is 37.6 Å². The van der Waals surface area contributed by atoms with Crippen molar-refractivity contribution in [3.63, 3.8) is 0 Å². The molecule has 124 valence electrons. The minimum atomic E-state index is -4.42. The molecule has 2 rings (SSSR count). The highest BCUT2D eigenvalue weighted by molar-refractivity contribution is 5.31. The summed E-state index contributed by atoms with van der Waals surface area (Å²) in [5.41, 5.74) is -0.974. The van der Waals surface area contributed by atoms with Gasteiger partial charge in [0.15, 0.2) is 0 Å². The molecule has 0 radical (unpaired) electrons. The third kappa shape index (κ3) is 4.12. The zero-order chi connectivity index (χ0) is 17.3. The van der Waals surface area contributed by atoms with Gasteiger partial charge in [0.05, 0.1) is 17.3 Å². The molecular formula is C18H19F3O2. The van der Waals surface area contributed by atoms with Crippen LogP contribution in [0.15, 0.2) is 54.6 Å². The molecule has 0 aliphatic heterocycles. The quantitative estimate of drug-likeness (QED) is 0.880. The van der Waals surface area contributed by atoms with Crippen molar-refractivity contribution in [3.8, 4) is 0 Å². The molecule has 23 heavy (non-hydrogen) atoms. The van der Waals surface area contributed by atoms with E-state index in [1.54, 1.807) is 38.1 Å². The van der Waals surface area contributed by atoms with E-state index in [4.69, 9.17) is 0 Å². The van der Waals surface area contributed by atoms with E-state index < -0.39 is 29.4 Å². The summed E-state index contributed by atoms with van der Waals surface area (Å²) in [6.45, 7) is 3.13. The number of hydrogen-bond donors (Lipinski definition) is 2. The van der Waals surface area contributed by atoms with E-state index in [2.05, 4.69) is 0 Å². The molecule has 0 fully saturated rings. The van der Waals surface area contributed by atoms with Crippen LogP contribution in [0.25, 0.3) is 0 Å². The highest BCUT2D eigenvalue weighted by Crippen LogP contribution is 2.40. The second kappa shape index (κ2) is 6.34. The van der Waals surface area contributed by atoms with Crippen LogP contribution in [0.5, 0.6) is 0 Å². The summed E-state index contributed by atoms with van der Waals surface area (Å²) in [4.78, 5) is 0. The molecule has 2 atom stereocenters. The number of benzene rings is 2. The number of aliphatic hydroxyl groups is 2. The maximum Gasteiger partial charge on any atom is 0.416 e. The molecule has 0 aromatic heterocycles. The summed E-state index contributed by atoms with van der Waals surface area (Å²) in [5, 5.41) is 21.0. The molecule has 5 heteroatoms. The van der Waals surface area contributed by atoms with Crippen LogP contribution in [0.3, 0.4) is 0 Å². The van der Waals surface area contributed by atoms with Gasteiger partial charge in [-0.25, -0.2) is 0 Å². The van der Waals surface area contributed by atoms with Crippen LogP contribution in [0.1, 0.15) is 42.6 Å². The SMILES string of the molecule is CC(C)(O)C(c1ccccc1)C(O)c1ccc(C(F)(F)F)cc1. The van der Waals surface area contributed by atoms with Gasteiger partial charge in [0.25, 0.3) is 0 Å². The first-order chi connectivity index (χ1) is 10.6. The Hall–Kier alpha value is -1.85. The predicted octanol–water partition coefficient (Wildman–Crippen LogP) is 4.29. The lowest BCUT2D eigenvalue weighted by Crippen LogP contribution is -2.33. The van der Waals surface area contributed by atoms with Gasteiger partial charge in [0.1, 0.15) is 0 Å². The van der Waals surface area contributed by atoms with Crippen molar-refractivity contribution >= 4 is 0 Å². The van der Waals surface area contributed by atoms with Crippen molar-refractivity contribution < 1.29 is 23.4 Å². The first kappa shape index (κ1) is 17.5. The molecule has 0 saturated carbocycles. The molecule has 0 aliphatic carbocycles. The van der Waals surface area contributed by atoms with Crippen LogP contribution in [0, 0.1) is 0 Å². The maximum atomic E-state index is 12.6. The van der Waals surface area contributed by atoms with Gasteiger partial charge in [-0.15, -0.1) is 0 Å². The topological polar surface area (TPSA) is 40.5 Å². The highest BCUT2D eigenvalue weighted by Gasteiger charge is 2.36. The summed E-state index contributed by atoms with van der Waals surface area (Å²) in [7, 11) is 0. The Labute approximate surface area is 133 Å². The Kier molecular flexibility index (Phi) is 4.82. The van der Waals surface area contributed by atoms with E-state index in [1.165, 1.54) is 12.1 Å². The molecule has 0 amide bonds. The Morgan fingerprint density at radius 3 is 1.78 bits per heavy atom. The minimum absolute atomic E-state index is 0.328. The number of rotatable bonds is 4. The van der Waals surface area contributed by atoms with Crippen LogP contribution in [-0.2, 0) is 6.18 Å². The Morgan fingerprint density at radius 2 is 1.35 bits per heavy atom. The molecule has 0 heterocycles. The van der Waals surface area contributed by atoms with Gasteiger partial charge in [0.2, 0.25) is 0 Å². The van der Waals surface area contributed by atoms with Crippen molar-refractivity contribution in [1.29, 1.82) is 0 Å². The Morgan fingerprint density at radius 1 is 0.826 bits per heavy atom. The van der Waals surface area contributed by atoms with Gasteiger partial charge in [-0.2, -0.15) is 13.2 Å². The third-order valence-electron chi connectivity index (χ3n) is 3.82. The van der Waals surface area contributed by atoms with Crippen LogP contribution in [0.2, 0.25) is 0 Å². The van der Waals surface area contributed by atoms with Gasteiger partial charge in [-0.1, -0.05) is 42.5 Å². The van der Waals surface area contributed by atoms with E-state index in [-0.39, 0.29) is 0 Å². The van der Waals surface area contributed by atoms with Gasteiger partial charge < -0.3 is 10.2 Å². The fraction of sp³-hybridized carbons (Fsp3) is 0.333. The summed E-state index contributed by atoms with van der Waals surface area (Å²) in [6.07, 6.45) is -5.54. The number of hydrogen-bond acceptors (Lipinski definition) is 2. The molecule has 2 aromatic rings. The molecule has 2 N–H and O–H groups in total. The predicted molar refractivity (Wildman–Crippen MR) is 81.9 cm³/mol. The lowest BCUT2D eigenvalue weighted by molar-refractivity contribution is -0.137. The first-order valence-corrected chi connectivity index (χ1v) is 7.23. The molecule has 0 bridgehead atoms. The summed E-state index contributed by atoms with van der Waals surface area (Å²) < 4.78 is 37.9. The van der Waals surface area contributed by atoms with E-state index in [9.17, 15) is 23.4 Å². The largest absolute Gasteiger partial charge is 0.416 e. The number of alkyl halides is 3. The zero-order valence-corrected chi connectivity index (χ0v) is 12.9. The van der Waals surface area contributed by atoms with Gasteiger partial charge >= 0.3 is 6.18 Å². The number of halogens is 3. The van der Waals surface area contributed by atoms with Gasteiger partial charge in [-0.3, -0.25) is 0 Å². The molecule has 0 aliphatic rings. The van der Waals surface area contributed by atoms with Crippen molar-refractivity contribution in [3.05, 3.63) is 71.3 Å². The van der Waals surface area contributed by atoms with Crippen LogP contribution < -0.4 is 0 Å². The zero-order valence-electron chi connectivity index (χ0n) is 12.9. The van der Waals surface area contributed by atoms with Crippen molar-refractivity contribution in [1.82, 2.24) is 0 Å². The molecule has 2 aromatic carbocycles. The lowest BCUT2D eigenvalue weighted by Gasteiger charge is -2.34. The normalized spacial score (nSPS) is 15.3. The second-order valence-corrected chi connectivity index (χ2v) is 6.11. The summed E-state index contributed by atoms with van der Waals surface area (Å²) >= 11 is 0. The van der Waals surface area contributed by atoms with E-state index in [0.717, 1.165) is 12.1 Å². The first-order valence-electron chi connectivity index (χ1n) is 7.23. The number of aliphatic hydroxyl groups excluding tert-OH is 1. The summed E-state index contributed by atoms with van der Waals surface area (Å²) in [5.74, 6) is -0.666. The fourth-order valence-electron chi connectivity index (χ4n) is 2.70. The van der Waals surface area contributed by atoms with Crippen LogP contribution in [-0.4, -0.2) is 15.8 Å². The van der Waals surface area contributed by atoms with Crippen molar-refractivity contribution in [2.75, 3.05) is 0 Å².